The maximum atomic E-state index is 12.4. The second-order valence-electron chi connectivity index (χ2n) is 6.02. The van der Waals surface area contributed by atoms with Gasteiger partial charge >= 0.3 is 5.97 Å². The zero-order valence-corrected chi connectivity index (χ0v) is 15.8. The van der Waals surface area contributed by atoms with Crippen molar-refractivity contribution in [3.8, 4) is 0 Å². The Bertz CT molecular complexity index is 771. The monoisotopic (exact) mass is 357 g/mol. The Labute approximate surface area is 153 Å². The molecule has 0 saturated heterocycles. The second-order valence-corrected chi connectivity index (χ2v) is 7.04. The van der Waals surface area contributed by atoms with Gasteiger partial charge in [0.05, 0.1) is 18.4 Å². The Hall–Kier alpha value is -2.27. The molecule has 0 aliphatic rings. The van der Waals surface area contributed by atoms with Gasteiger partial charge in [0.25, 0.3) is 0 Å². The van der Waals surface area contributed by atoms with Gasteiger partial charge in [-0.3, -0.25) is 4.79 Å². The number of thioether (sulfide) groups is 1. The van der Waals surface area contributed by atoms with Gasteiger partial charge in [-0.05, 0) is 36.1 Å². The van der Waals surface area contributed by atoms with Crippen LogP contribution in [0.15, 0.2) is 47.4 Å². The quantitative estimate of drug-likeness (QED) is 0.605. The van der Waals surface area contributed by atoms with Gasteiger partial charge in [0.1, 0.15) is 0 Å². The van der Waals surface area contributed by atoms with Crippen molar-refractivity contribution in [1.82, 2.24) is 0 Å². The molecule has 1 N–H and O–H groups in total. The molecular weight excluding hydrogens is 334 g/mol. The first-order valence-electron chi connectivity index (χ1n) is 8.13. The van der Waals surface area contributed by atoms with E-state index in [9.17, 15) is 9.59 Å². The average Bonchev–Trinajstić information content (AvgIpc) is 2.61. The highest BCUT2D eigenvalue weighted by Gasteiger charge is 2.15. The van der Waals surface area contributed by atoms with E-state index in [1.54, 1.807) is 12.1 Å². The number of ether oxygens (including phenoxy) is 1. The largest absolute Gasteiger partial charge is 0.465 e. The molecule has 0 aromatic heterocycles. The highest BCUT2D eigenvalue weighted by atomic mass is 32.2. The molecule has 5 heteroatoms. The number of carbonyl (C=O) groups excluding carboxylic acids is 2. The molecule has 2 aromatic rings. The second kappa shape index (κ2) is 8.72. The number of para-hydroxylation sites is 1. The SMILES string of the molecule is COC(=O)c1ccccc1SCC(=O)Nc1c(C)cccc1C(C)C. The number of esters is 1. The summed E-state index contributed by atoms with van der Waals surface area (Å²) in [5.41, 5.74) is 3.51. The van der Waals surface area contributed by atoms with Crippen LogP contribution in [0.25, 0.3) is 0 Å². The average molecular weight is 357 g/mol. The molecule has 0 saturated carbocycles. The Morgan fingerprint density at radius 2 is 1.84 bits per heavy atom. The van der Waals surface area contributed by atoms with E-state index >= 15 is 0 Å². The number of anilines is 1. The number of benzene rings is 2. The molecule has 0 radical (unpaired) electrons. The summed E-state index contributed by atoms with van der Waals surface area (Å²) in [5, 5.41) is 3.02. The minimum atomic E-state index is -0.399. The van der Waals surface area contributed by atoms with Crippen LogP contribution in [-0.4, -0.2) is 24.7 Å². The van der Waals surface area contributed by atoms with E-state index in [0.29, 0.717) is 11.5 Å². The summed E-state index contributed by atoms with van der Waals surface area (Å²) in [6.07, 6.45) is 0. The third-order valence-corrected chi connectivity index (χ3v) is 4.92. The summed E-state index contributed by atoms with van der Waals surface area (Å²) in [4.78, 5) is 24.9. The van der Waals surface area contributed by atoms with E-state index in [0.717, 1.165) is 21.7 Å². The zero-order chi connectivity index (χ0) is 18.4. The van der Waals surface area contributed by atoms with Gasteiger partial charge in [-0.2, -0.15) is 0 Å². The van der Waals surface area contributed by atoms with Crippen molar-refractivity contribution in [3.05, 3.63) is 59.2 Å². The van der Waals surface area contributed by atoms with Crippen LogP contribution >= 0.6 is 11.8 Å². The number of aryl methyl sites for hydroxylation is 1. The minimum absolute atomic E-state index is 0.0964. The molecule has 0 aliphatic heterocycles. The Morgan fingerprint density at radius 3 is 2.52 bits per heavy atom. The summed E-state index contributed by atoms with van der Waals surface area (Å²) in [6, 6.07) is 13.2. The molecule has 2 aromatic carbocycles. The first-order chi connectivity index (χ1) is 11.9. The van der Waals surface area contributed by atoms with Gasteiger partial charge in [0.15, 0.2) is 0 Å². The summed E-state index contributed by atoms with van der Waals surface area (Å²) in [6.45, 7) is 6.19. The molecule has 0 heterocycles. The number of hydrogen-bond acceptors (Lipinski definition) is 4. The van der Waals surface area contributed by atoms with Crippen molar-refractivity contribution in [1.29, 1.82) is 0 Å². The summed E-state index contributed by atoms with van der Waals surface area (Å²) >= 11 is 1.33. The molecule has 0 spiro atoms. The van der Waals surface area contributed by atoms with Gasteiger partial charge in [0.2, 0.25) is 5.91 Å². The summed E-state index contributed by atoms with van der Waals surface area (Å²) in [7, 11) is 1.35. The highest BCUT2D eigenvalue weighted by molar-refractivity contribution is 8.00. The third-order valence-electron chi connectivity index (χ3n) is 3.84. The predicted molar refractivity (Wildman–Crippen MR) is 102 cm³/mol. The van der Waals surface area contributed by atoms with Crippen molar-refractivity contribution in [2.75, 3.05) is 18.2 Å². The van der Waals surface area contributed by atoms with Crippen LogP contribution in [0.2, 0.25) is 0 Å². The van der Waals surface area contributed by atoms with Gasteiger partial charge < -0.3 is 10.1 Å². The lowest BCUT2D eigenvalue weighted by molar-refractivity contribution is -0.113. The smallest absolute Gasteiger partial charge is 0.338 e. The Balaban J connectivity index is 2.09. The lowest BCUT2D eigenvalue weighted by atomic mass is 9.98. The van der Waals surface area contributed by atoms with E-state index in [-0.39, 0.29) is 11.7 Å². The lowest BCUT2D eigenvalue weighted by Crippen LogP contribution is -2.17. The van der Waals surface area contributed by atoms with Gasteiger partial charge in [-0.1, -0.05) is 44.2 Å². The van der Waals surface area contributed by atoms with E-state index < -0.39 is 5.97 Å². The van der Waals surface area contributed by atoms with Gasteiger partial charge in [-0.15, -0.1) is 11.8 Å². The fourth-order valence-corrected chi connectivity index (χ4v) is 3.37. The molecule has 1 amide bonds. The molecule has 2 rings (SSSR count). The van der Waals surface area contributed by atoms with Crippen molar-refractivity contribution < 1.29 is 14.3 Å². The van der Waals surface area contributed by atoms with Crippen molar-refractivity contribution >= 4 is 29.3 Å². The van der Waals surface area contributed by atoms with E-state index in [1.807, 2.05) is 37.3 Å². The molecule has 0 bridgehead atoms. The molecule has 0 aliphatic carbocycles. The topological polar surface area (TPSA) is 55.4 Å². The van der Waals surface area contributed by atoms with E-state index in [1.165, 1.54) is 18.9 Å². The number of amides is 1. The van der Waals surface area contributed by atoms with Crippen LogP contribution < -0.4 is 5.32 Å². The minimum Gasteiger partial charge on any atom is -0.465 e. The zero-order valence-electron chi connectivity index (χ0n) is 15.0. The fraction of sp³-hybridized carbons (Fsp3) is 0.300. The molecule has 0 unspecified atom stereocenters. The van der Waals surface area contributed by atoms with Crippen LogP contribution in [-0.2, 0) is 9.53 Å². The third kappa shape index (κ3) is 4.86. The van der Waals surface area contributed by atoms with Crippen LogP contribution in [0, 0.1) is 6.92 Å². The van der Waals surface area contributed by atoms with Gasteiger partial charge in [0, 0.05) is 10.6 Å². The normalized spacial score (nSPS) is 10.6. The maximum absolute atomic E-state index is 12.4. The molecule has 0 fully saturated rings. The first-order valence-corrected chi connectivity index (χ1v) is 9.12. The first kappa shape index (κ1) is 19.1. The van der Waals surface area contributed by atoms with E-state index in [2.05, 4.69) is 19.2 Å². The van der Waals surface area contributed by atoms with Gasteiger partial charge in [-0.25, -0.2) is 4.79 Å². The van der Waals surface area contributed by atoms with E-state index in [4.69, 9.17) is 4.74 Å². The van der Waals surface area contributed by atoms with Crippen LogP contribution in [0.4, 0.5) is 5.69 Å². The van der Waals surface area contributed by atoms with Crippen LogP contribution in [0.5, 0.6) is 0 Å². The maximum Gasteiger partial charge on any atom is 0.338 e. The summed E-state index contributed by atoms with van der Waals surface area (Å²) < 4.78 is 4.78. The number of hydrogen-bond donors (Lipinski definition) is 1. The lowest BCUT2D eigenvalue weighted by Gasteiger charge is -2.16. The molecule has 0 atom stereocenters. The number of nitrogens with one attached hydrogen (secondary N) is 1. The fourth-order valence-electron chi connectivity index (χ4n) is 2.53. The van der Waals surface area contributed by atoms with Crippen molar-refractivity contribution in [2.45, 2.75) is 31.6 Å². The van der Waals surface area contributed by atoms with Crippen molar-refractivity contribution in [3.63, 3.8) is 0 Å². The predicted octanol–water partition coefficient (Wildman–Crippen LogP) is 4.64. The number of methoxy groups -OCH3 is 1. The Kier molecular flexibility index (Phi) is 6.65. The van der Waals surface area contributed by atoms with Crippen LogP contribution in [0.3, 0.4) is 0 Å². The Morgan fingerprint density at radius 1 is 1.12 bits per heavy atom. The molecule has 25 heavy (non-hydrogen) atoms. The standard InChI is InChI=1S/C20H23NO3S/c1-13(2)15-10-7-8-14(3)19(15)21-18(22)12-25-17-11-6-5-9-16(17)20(23)24-4/h5-11,13H,12H2,1-4H3,(H,21,22). The molecule has 4 nitrogen and oxygen atoms in total. The highest BCUT2D eigenvalue weighted by Crippen LogP contribution is 2.28. The summed E-state index contributed by atoms with van der Waals surface area (Å²) in [5.74, 6) is 0.0492. The van der Waals surface area contributed by atoms with Crippen molar-refractivity contribution in [2.24, 2.45) is 0 Å². The molecule has 132 valence electrons. The number of carbonyl (C=O) groups is 2. The van der Waals surface area contributed by atoms with Crippen LogP contribution in [0.1, 0.15) is 41.3 Å². The molecular formula is C20H23NO3S. The number of rotatable bonds is 6.